The number of esters is 1. The third-order valence-corrected chi connectivity index (χ3v) is 5.30. The summed E-state index contributed by atoms with van der Waals surface area (Å²) in [7, 11) is 0. The molecule has 0 heterocycles. The Morgan fingerprint density at radius 1 is 1.12 bits per heavy atom. The van der Waals surface area contributed by atoms with Gasteiger partial charge in [-0.05, 0) is 51.4 Å². The van der Waals surface area contributed by atoms with Crippen LogP contribution in [0.1, 0.15) is 39.5 Å². The van der Waals surface area contributed by atoms with Crippen molar-refractivity contribution in [2.45, 2.75) is 63.1 Å². The van der Waals surface area contributed by atoms with E-state index in [-0.39, 0.29) is 24.8 Å². The van der Waals surface area contributed by atoms with E-state index in [1.54, 1.807) is 0 Å². The van der Waals surface area contributed by atoms with Gasteiger partial charge in [-0.3, -0.25) is 0 Å². The Hall–Kier alpha value is -1.25. The molecule has 0 saturated heterocycles. The van der Waals surface area contributed by atoms with Gasteiger partial charge >= 0.3 is 18.3 Å². The highest BCUT2D eigenvalue weighted by atomic mass is 19.4. The van der Waals surface area contributed by atoms with Gasteiger partial charge in [0.25, 0.3) is 5.60 Å². The highest BCUT2D eigenvalue weighted by molar-refractivity contribution is 5.87. The Bertz CT molecular complexity index is 553. The summed E-state index contributed by atoms with van der Waals surface area (Å²) in [5.41, 5.74) is -5.84. The Balaban J connectivity index is 2.31. The van der Waals surface area contributed by atoms with Crippen molar-refractivity contribution in [3.05, 3.63) is 12.2 Å². The third-order valence-electron chi connectivity index (χ3n) is 5.30. The third kappa shape index (κ3) is 3.39. The van der Waals surface area contributed by atoms with Crippen molar-refractivity contribution in [1.29, 1.82) is 0 Å². The zero-order chi connectivity index (χ0) is 19.4. The lowest BCUT2D eigenvalue weighted by molar-refractivity contribution is -0.388. The van der Waals surface area contributed by atoms with E-state index in [0.717, 1.165) is 0 Å². The molecule has 0 radical (unpaired) electrons. The van der Waals surface area contributed by atoms with E-state index < -0.39 is 53.7 Å². The molecule has 144 valence electrons. The lowest BCUT2D eigenvalue weighted by atomic mass is 9.73. The molecule has 2 rings (SSSR count). The van der Waals surface area contributed by atoms with E-state index >= 15 is 0 Å². The Morgan fingerprint density at radius 2 is 1.64 bits per heavy atom. The van der Waals surface area contributed by atoms with Crippen molar-refractivity contribution >= 4 is 5.97 Å². The second-order valence-electron chi connectivity index (χ2n) is 7.49. The molecule has 2 aliphatic rings. The smallest absolute Gasteiger partial charge is 0.426 e. The first-order valence-corrected chi connectivity index (χ1v) is 7.85. The van der Waals surface area contributed by atoms with Crippen LogP contribution in [-0.2, 0) is 9.53 Å². The second-order valence-corrected chi connectivity index (χ2v) is 7.49. The van der Waals surface area contributed by atoms with Gasteiger partial charge in [0.05, 0.1) is 0 Å². The van der Waals surface area contributed by atoms with Gasteiger partial charge in [-0.1, -0.05) is 6.58 Å². The molecule has 3 nitrogen and oxygen atoms in total. The van der Waals surface area contributed by atoms with Gasteiger partial charge in [0.15, 0.2) is 0 Å². The molecule has 25 heavy (non-hydrogen) atoms. The predicted molar refractivity (Wildman–Crippen MR) is 75.3 cm³/mol. The van der Waals surface area contributed by atoms with E-state index in [1.165, 1.54) is 13.8 Å². The van der Waals surface area contributed by atoms with Crippen LogP contribution in [0, 0.1) is 17.8 Å². The fraction of sp³-hybridized carbons (Fsp3) is 0.812. The number of ether oxygens (including phenoxy) is 1. The topological polar surface area (TPSA) is 46.5 Å². The van der Waals surface area contributed by atoms with Crippen molar-refractivity contribution in [3.8, 4) is 0 Å². The highest BCUT2D eigenvalue weighted by Crippen LogP contribution is 2.60. The quantitative estimate of drug-likeness (QED) is 0.459. The largest absolute Gasteiger partial charge is 0.456 e. The standard InChI is InChI=1S/C16H20F6O3/c1-8(2)12(23)25-13(3)6-9-4-10(7-13)11(5-9)14(24,15(17,18)19)16(20,21)22/h9-11,24H,1,4-7H2,2-3H3. The number of fused-ring (bicyclic) bond motifs is 2. The first-order valence-electron chi connectivity index (χ1n) is 7.85. The molecular formula is C16H20F6O3. The minimum atomic E-state index is -5.84. The molecule has 4 unspecified atom stereocenters. The van der Waals surface area contributed by atoms with Crippen LogP contribution in [0.3, 0.4) is 0 Å². The molecule has 0 spiro atoms. The van der Waals surface area contributed by atoms with E-state index in [0.29, 0.717) is 0 Å². The van der Waals surface area contributed by atoms with Gasteiger partial charge in [-0.15, -0.1) is 0 Å². The molecule has 4 atom stereocenters. The summed E-state index contributed by atoms with van der Waals surface area (Å²) in [4.78, 5) is 11.7. The van der Waals surface area contributed by atoms with Gasteiger partial charge < -0.3 is 9.84 Å². The zero-order valence-corrected chi connectivity index (χ0v) is 13.8. The number of hydrogen-bond donors (Lipinski definition) is 1. The summed E-state index contributed by atoms with van der Waals surface area (Å²) in [6.07, 6.45) is -12.0. The van der Waals surface area contributed by atoms with Crippen molar-refractivity contribution in [3.63, 3.8) is 0 Å². The average Bonchev–Trinajstić information content (AvgIpc) is 2.70. The molecule has 9 heteroatoms. The summed E-state index contributed by atoms with van der Waals surface area (Å²) in [5, 5.41) is 9.70. The number of alkyl halides is 6. The molecule has 0 aromatic carbocycles. The van der Waals surface area contributed by atoms with Crippen molar-refractivity contribution in [2.75, 3.05) is 0 Å². The van der Waals surface area contributed by atoms with E-state index in [1.807, 2.05) is 0 Å². The van der Waals surface area contributed by atoms with Crippen molar-refractivity contribution < 1.29 is 41.0 Å². The minimum Gasteiger partial charge on any atom is -0.456 e. The zero-order valence-electron chi connectivity index (χ0n) is 13.8. The van der Waals surface area contributed by atoms with E-state index in [4.69, 9.17) is 4.74 Å². The van der Waals surface area contributed by atoms with Crippen LogP contribution < -0.4 is 0 Å². The van der Waals surface area contributed by atoms with Gasteiger partial charge in [0.2, 0.25) is 0 Å². The molecule has 0 aromatic rings. The lowest BCUT2D eigenvalue weighted by Crippen LogP contribution is -2.62. The first-order chi connectivity index (χ1) is 11.1. The predicted octanol–water partition coefficient (Wildman–Crippen LogP) is 4.16. The molecular weight excluding hydrogens is 354 g/mol. The monoisotopic (exact) mass is 374 g/mol. The number of aliphatic hydroxyl groups is 1. The van der Waals surface area contributed by atoms with Crippen molar-refractivity contribution in [2.24, 2.45) is 17.8 Å². The van der Waals surface area contributed by atoms with Gasteiger partial charge in [-0.2, -0.15) is 26.3 Å². The molecule has 2 aliphatic carbocycles. The molecule has 2 fully saturated rings. The fourth-order valence-electron chi connectivity index (χ4n) is 4.37. The molecule has 2 bridgehead atoms. The lowest BCUT2D eigenvalue weighted by Gasteiger charge is -2.42. The second kappa shape index (κ2) is 5.89. The normalized spacial score (nSPS) is 33.2. The summed E-state index contributed by atoms with van der Waals surface area (Å²) in [6, 6.07) is 0. The maximum absolute atomic E-state index is 13.2. The van der Waals surface area contributed by atoms with E-state index in [2.05, 4.69) is 6.58 Å². The number of carbonyl (C=O) groups is 1. The van der Waals surface area contributed by atoms with Gasteiger partial charge in [-0.25, -0.2) is 4.79 Å². The summed E-state index contributed by atoms with van der Waals surface area (Å²) >= 11 is 0. The number of rotatable bonds is 3. The average molecular weight is 374 g/mol. The maximum atomic E-state index is 13.2. The minimum absolute atomic E-state index is 0.0952. The van der Waals surface area contributed by atoms with Crippen LogP contribution in [-0.4, -0.2) is 34.6 Å². The van der Waals surface area contributed by atoms with Crippen LogP contribution >= 0.6 is 0 Å². The van der Waals surface area contributed by atoms with Crippen LogP contribution in [0.4, 0.5) is 26.3 Å². The van der Waals surface area contributed by atoms with Crippen LogP contribution in [0.2, 0.25) is 0 Å². The summed E-state index contributed by atoms with van der Waals surface area (Å²) < 4.78 is 84.2. The highest BCUT2D eigenvalue weighted by Gasteiger charge is 2.76. The summed E-state index contributed by atoms with van der Waals surface area (Å²) in [5.74, 6) is -4.28. The SMILES string of the molecule is C=C(C)C(=O)OC1(C)CC2CC(C1)C(C(O)(C(F)(F)F)C(F)(F)F)C2. The molecule has 0 aliphatic heterocycles. The fourth-order valence-corrected chi connectivity index (χ4v) is 4.37. The molecule has 0 amide bonds. The number of hydrogen-bond acceptors (Lipinski definition) is 3. The molecule has 1 N–H and O–H groups in total. The Labute approximate surface area is 141 Å². The Kier molecular flexibility index (Phi) is 4.73. The van der Waals surface area contributed by atoms with E-state index in [9.17, 15) is 36.2 Å². The first kappa shape index (κ1) is 20.1. The molecule has 2 saturated carbocycles. The Morgan fingerprint density at radius 3 is 2.08 bits per heavy atom. The number of carbonyl (C=O) groups excluding carboxylic acids is 1. The number of halogens is 6. The summed E-state index contributed by atoms with van der Waals surface area (Å²) in [6.45, 7) is 6.31. The van der Waals surface area contributed by atoms with Gasteiger partial charge in [0, 0.05) is 11.5 Å². The van der Waals surface area contributed by atoms with Crippen LogP contribution in [0.15, 0.2) is 12.2 Å². The van der Waals surface area contributed by atoms with Crippen LogP contribution in [0.25, 0.3) is 0 Å². The van der Waals surface area contributed by atoms with Crippen LogP contribution in [0.5, 0.6) is 0 Å². The maximum Gasteiger partial charge on any atom is 0.426 e. The molecule has 0 aromatic heterocycles. The van der Waals surface area contributed by atoms with Crippen molar-refractivity contribution in [1.82, 2.24) is 0 Å². The van der Waals surface area contributed by atoms with Gasteiger partial charge in [0.1, 0.15) is 5.60 Å².